The van der Waals surface area contributed by atoms with Gasteiger partial charge in [-0.2, -0.15) is 0 Å². The van der Waals surface area contributed by atoms with Gasteiger partial charge in [-0.05, 0) is 31.2 Å². The van der Waals surface area contributed by atoms with Gasteiger partial charge in [-0.15, -0.1) is 6.58 Å². The Balaban J connectivity index is 3.08. The minimum atomic E-state index is -0.542. The quantitative estimate of drug-likeness (QED) is 0.331. The SMILES string of the molecule is C=CCC(C)CCc1c(C(=O)OC)cccc1[N+](=O)[O-]. The van der Waals surface area contributed by atoms with Gasteiger partial charge in [-0.25, -0.2) is 4.79 Å². The van der Waals surface area contributed by atoms with Gasteiger partial charge in [0.25, 0.3) is 5.69 Å². The van der Waals surface area contributed by atoms with E-state index in [-0.39, 0.29) is 11.3 Å². The Morgan fingerprint density at radius 3 is 2.80 bits per heavy atom. The molecule has 20 heavy (non-hydrogen) atoms. The first kappa shape index (κ1) is 15.9. The number of methoxy groups -OCH3 is 1. The van der Waals surface area contributed by atoms with Crippen molar-refractivity contribution in [3.63, 3.8) is 0 Å². The maximum Gasteiger partial charge on any atom is 0.338 e. The van der Waals surface area contributed by atoms with Crippen LogP contribution in [0.1, 0.15) is 35.7 Å². The highest BCUT2D eigenvalue weighted by molar-refractivity contribution is 5.92. The van der Waals surface area contributed by atoms with Crippen LogP contribution in [0.25, 0.3) is 0 Å². The van der Waals surface area contributed by atoms with Crippen molar-refractivity contribution >= 4 is 11.7 Å². The largest absolute Gasteiger partial charge is 0.465 e. The second kappa shape index (κ2) is 7.43. The van der Waals surface area contributed by atoms with E-state index in [1.807, 2.05) is 13.0 Å². The van der Waals surface area contributed by atoms with Gasteiger partial charge in [0.1, 0.15) is 0 Å². The molecular formula is C15H19NO4. The van der Waals surface area contributed by atoms with Gasteiger partial charge >= 0.3 is 5.97 Å². The molecule has 0 aliphatic carbocycles. The zero-order valence-electron chi connectivity index (χ0n) is 11.8. The molecule has 0 aromatic heterocycles. The van der Waals surface area contributed by atoms with Gasteiger partial charge in [-0.3, -0.25) is 10.1 Å². The van der Waals surface area contributed by atoms with Crippen LogP contribution >= 0.6 is 0 Å². The Bertz CT molecular complexity index is 511. The van der Waals surface area contributed by atoms with Gasteiger partial charge in [-0.1, -0.05) is 19.1 Å². The summed E-state index contributed by atoms with van der Waals surface area (Å²) in [5.41, 5.74) is 0.687. The fourth-order valence-electron chi connectivity index (χ4n) is 2.10. The molecule has 0 heterocycles. The molecule has 1 aromatic rings. The van der Waals surface area contributed by atoms with Crippen LogP contribution in [0.15, 0.2) is 30.9 Å². The molecule has 0 radical (unpaired) electrons. The number of hydrogen-bond donors (Lipinski definition) is 0. The second-order valence-corrected chi connectivity index (χ2v) is 4.72. The molecule has 0 bridgehead atoms. The van der Waals surface area contributed by atoms with Crippen LogP contribution in [0.5, 0.6) is 0 Å². The number of ether oxygens (including phenoxy) is 1. The summed E-state index contributed by atoms with van der Waals surface area (Å²) in [5, 5.41) is 11.1. The standard InChI is InChI=1S/C15H19NO4/c1-4-6-11(2)9-10-12-13(15(17)20-3)7-5-8-14(12)16(18)19/h4-5,7-8,11H,1,6,9-10H2,2-3H3. The third-order valence-electron chi connectivity index (χ3n) is 3.21. The normalized spacial score (nSPS) is 11.7. The number of benzene rings is 1. The average molecular weight is 277 g/mol. The van der Waals surface area contributed by atoms with Crippen LogP contribution in [0.2, 0.25) is 0 Å². The molecule has 1 unspecified atom stereocenters. The lowest BCUT2D eigenvalue weighted by atomic mass is 9.94. The van der Waals surface area contributed by atoms with E-state index in [4.69, 9.17) is 0 Å². The Morgan fingerprint density at radius 1 is 1.55 bits per heavy atom. The highest BCUT2D eigenvalue weighted by Gasteiger charge is 2.22. The predicted octanol–water partition coefficient (Wildman–Crippen LogP) is 3.53. The van der Waals surface area contributed by atoms with E-state index in [0.29, 0.717) is 17.9 Å². The molecule has 0 saturated carbocycles. The predicted molar refractivity (Wildman–Crippen MR) is 76.7 cm³/mol. The van der Waals surface area contributed by atoms with E-state index >= 15 is 0 Å². The zero-order chi connectivity index (χ0) is 15.1. The molecular weight excluding hydrogens is 258 g/mol. The van der Waals surface area contributed by atoms with Crippen LogP contribution in [0, 0.1) is 16.0 Å². The highest BCUT2D eigenvalue weighted by Crippen LogP contribution is 2.26. The van der Waals surface area contributed by atoms with Gasteiger partial charge < -0.3 is 4.74 Å². The second-order valence-electron chi connectivity index (χ2n) is 4.72. The average Bonchev–Trinajstić information content (AvgIpc) is 2.44. The fourth-order valence-corrected chi connectivity index (χ4v) is 2.10. The number of hydrogen-bond acceptors (Lipinski definition) is 4. The molecule has 5 nitrogen and oxygen atoms in total. The van der Waals surface area contributed by atoms with Crippen molar-refractivity contribution in [2.24, 2.45) is 5.92 Å². The molecule has 1 atom stereocenters. The van der Waals surface area contributed by atoms with E-state index in [2.05, 4.69) is 11.3 Å². The number of allylic oxidation sites excluding steroid dienone is 1. The third kappa shape index (κ3) is 3.91. The van der Waals surface area contributed by atoms with Crippen LogP contribution in [-0.2, 0) is 11.2 Å². The van der Waals surface area contributed by atoms with Crippen molar-refractivity contribution in [3.05, 3.63) is 52.1 Å². The molecule has 0 amide bonds. The molecule has 5 heteroatoms. The molecule has 0 aliphatic heterocycles. The van der Waals surface area contributed by atoms with E-state index in [0.717, 1.165) is 12.8 Å². The Hall–Kier alpha value is -2.17. The number of carbonyl (C=O) groups excluding carboxylic acids is 1. The Kier molecular flexibility index (Phi) is 5.90. The summed E-state index contributed by atoms with van der Waals surface area (Å²) >= 11 is 0. The Labute approximate surface area is 118 Å². The maximum atomic E-state index is 11.7. The van der Waals surface area contributed by atoms with Gasteiger partial charge in [0.15, 0.2) is 0 Å². The van der Waals surface area contributed by atoms with E-state index in [1.165, 1.54) is 19.2 Å². The van der Waals surface area contributed by atoms with E-state index in [9.17, 15) is 14.9 Å². The molecule has 0 fully saturated rings. The minimum absolute atomic E-state index is 0.0290. The number of rotatable bonds is 7. The smallest absolute Gasteiger partial charge is 0.338 e. The van der Waals surface area contributed by atoms with Crippen LogP contribution < -0.4 is 0 Å². The van der Waals surface area contributed by atoms with Crippen LogP contribution in [0.3, 0.4) is 0 Å². The monoisotopic (exact) mass is 277 g/mol. The van der Waals surface area contributed by atoms with Crippen molar-refractivity contribution in [1.82, 2.24) is 0 Å². The minimum Gasteiger partial charge on any atom is -0.465 e. The van der Waals surface area contributed by atoms with E-state index < -0.39 is 10.9 Å². The topological polar surface area (TPSA) is 69.4 Å². The summed E-state index contributed by atoms with van der Waals surface area (Å²) in [7, 11) is 1.27. The summed E-state index contributed by atoms with van der Waals surface area (Å²) in [4.78, 5) is 22.4. The summed E-state index contributed by atoms with van der Waals surface area (Å²) in [6.45, 7) is 5.73. The molecule has 0 N–H and O–H groups in total. The lowest BCUT2D eigenvalue weighted by Crippen LogP contribution is -2.09. The van der Waals surface area contributed by atoms with Crippen molar-refractivity contribution in [2.75, 3.05) is 7.11 Å². The number of carbonyl (C=O) groups is 1. The number of nitro groups is 1. The van der Waals surface area contributed by atoms with Crippen LogP contribution in [0.4, 0.5) is 5.69 Å². The first-order valence-corrected chi connectivity index (χ1v) is 6.46. The highest BCUT2D eigenvalue weighted by atomic mass is 16.6. The number of nitro benzene ring substituents is 1. The molecule has 0 spiro atoms. The summed E-state index contributed by atoms with van der Waals surface area (Å²) in [6, 6.07) is 4.48. The van der Waals surface area contributed by atoms with Crippen molar-refractivity contribution in [2.45, 2.75) is 26.2 Å². The summed E-state index contributed by atoms with van der Waals surface area (Å²) in [6.07, 6.45) is 3.89. The van der Waals surface area contributed by atoms with Crippen LogP contribution in [-0.4, -0.2) is 18.0 Å². The zero-order valence-corrected chi connectivity index (χ0v) is 11.8. The van der Waals surface area contributed by atoms with Gasteiger partial charge in [0.2, 0.25) is 0 Å². The molecule has 108 valence electrons. The lowest BCUT2D eigenvalue weighted by Gasteiger charge is -2.11. The molecule has 1 rings (SSSR count). The molecule has 0 aliphatic rings. The fraction of sp³-hybridized carbons (Fsp3) is 0.400. The van der Waals surface area contributed by atoms with Crippen molar-refractivity contribution < 1.29 is 14.5 Å². The first-order valence-electron chi connectivity index (χ1n) is 6.46. The number of esters is 1. The van der Waals surface area contributed by atoms with E-state index in [1.54, 1.807) is 6.07 Å². The van der Waals surface area contributed by atoms with Crippen molar-refractivity contribution in [3.8, 4) is 0 Å². The summed E-state index contributed by atoms with van der Waals surface area (Å²) < 4.78 is 4.69. The Morgan fingerprint density at radius 2 is 2.25 bits per heavy atom. The maximum absolute atomic E-state index is 11.7. The number of nitrogens with zero attached hydrogens (tertiary/aromatic N) is 1. The first-order chi connectivity index (χ1) is 9.51. The summed E-state index contributed by atoms with van der Waals surface area (Å²) in [5.74, 6) is -0.183. The lowest BCUT2D eigenvalue weighted by molar-refractivity contribution is -0.385. The third-order valence-corrected chi connectivity index (χ3v) is 3.21. The molecule has 1 aromatic carbocycles. The van der Waals surface area contributed by atoms with Gasteiger partial charge in [0.05, 0.1) is 17.6 Å². The van der Waals surface area contributed by atoms with Gasteiger partial charge in [0, 0.05) is 11.6 Å². The molecule has 0 saturated heterocycles. The van der Waals surface area contributed by atoms with Crippen molar-refractivity contribution in [1.29, 1.82) is 0 Å².